The normalized spacial score (nSPS) is 29.0. The van der Waals surface area contributed by atoms with E-state index in [2.05, 4.69) is 32.7 Å². The van der Waals surface area contributed by atoms with E-state index in [0.717, 1.165) is 32.2 Å². The van der Waals surface area contributed by atoms with Gasteiger partial charge in [0.05, 0.1) is 24.1 Å². The fourth-order valence-corrected chi connectivity index (χ4v) is 7.07. The predicted molar refractivity (Wildman–Crippen MR) is 127 cm³/mol. The van der Waals surface area contributed by atoms with Crippen molar-refractivity contribution in [3.05, 3.63) is 28.2 Å². The molecule has 33 heavy (non-hydrogen) atoms. The van der Waals surface area contributed by atoms with E-state index in [-0.39, 0.29) is 53.2 Å². The smallest absolute Gasteiger partial charge is 0.224 e. The van der Waals surface area contributed by atoms with Gasteiger partial charge in [0.25, 0.3) is 0 Å². The molecule has 1 saturated heterocycles. The molecule has 2 saturated carbocycles. The van der Waals surface area contributed by atoms with E-state index in [1.807, 2.05) is 5.38 Å². The molecule has 3 fully saturated rings. The molecule has 7 nitrogen and oxygen atoms in total. The second kappa shape index (κ2) is 9.29. The summed E-state index contributed by atoms with van der Waals surface area (Å²) in [6.45, 7) is 5.99. The van der Waals surface area contributed by atoms with Crippen LogP contribution in [0.15, 0.2) is 17.5 Å². The number of unbranched alkanes of at least 4 members (excludes halogenated alkanes) is 1. The third-order valence-corrected chi connectivity index (χ3v) is 9.13. The van der Waals surface area contributed by atoms with Gasteiger partial charge in [-0.2, -0.15) is 0 Å². The van der Waals surface area contributed by atoms with Gasteiger partial charge in [-0.3, -0.25) is 14.4 Å². The van der Waals surface area contributed by atoms with Crippen molar-refractivity contribution < 1.29 is 14.4 Å². The summed E-state index contributed by atoms with van der Waals surface area (Å²) >= 11 is 1.30. The van der Waals surface area contributed by atoms with Gasteiger partial charge in [-0.25, -0.2) is 4.98 Å². The van der Waals surface area contributed by atoms with Crippen LogP contribution in [0, 0.1) is 29.1 Å². The summed E-state index contributed by atoms with van der Waals surface area (Å²) in [4.78, 5) is 44.8. The van der Waals surface area contributed by atoms with E-state index >= 15 is 0 Å². The lowest BCUT2D eigenvalue weighted by atomic mass is 9.81. The second-order valence-electron chi connectivity index (χ2n) is 10.2. The van der Waals surface area contributed by atoms with E-state index in [9.17, 15) is 14.4 Å². The molecule has 0 unspecified atom stereocenters. The highest BCUT2D eigenvalue weighted by Crippen LogP contribution is 2.72. The van der Waals surface area contributed by atoms with Crippen LogP contribution in [0.2, 0.25) is 0 Å². The molecule has 5 rings (SSSR count). The fraction of sp³-hybridized carbons (Fsp3) is 0.680. The van der Waals surface area contributed by atoms with Gasteiger partial charge >= 0.3 is 0 Å². The molecular formula is C25H34N4O3S. The third kappa shape index (κ3) is 4.39. The topological polar surface area (TPSA) is 91.4 Å². The van der Waals surface area contributed by atoms with E-state index < -0.39 is 0 Å². The summed E-state index contributed by atoms with van der Waals surface area (Å²) < 4.78 is 0. The average molecular weight is 471 g/mol. The average Bonchev–Trinajstić information content (AvgIpc) is 3.16. The Kier molecular flexibility index (Phi) is 6.40. The van der Waals surface area contributed by atoms with Crippen LogP contribution in [-0.4, -0.2) is 53.7 Å². The van der Waals surface area contributed by atoms with Crippen molar-refractivity contribution in [2.45, 2.75) is 52.0 Å². The summed E-state index contributed by atoms with van der Waals surface area (Å²) in [5, 5.41) is 8.44. The molecular weight excluding hydrogens is 436 g/mol. The molecule has 2 bridgehead atoms. The van der Waals surface area contributed by atoms with E-state index in [1.54, 1.807) is 0 Å². The number of thiazole rings is 1. The fourth-order valence-electron chi connectivity index (χ4n) is 6.35. The maximum atomic E-state index is 13.3. The first-order valence-electron chi connectivity index (χ1n) is 12.4. The van der Waals surface area contributed by atoms with Gasteiger partial charge in [-0.15, -0.1) is 11.3 Å². The van der Waals surface area contributed by atoms with Gasteiger partial charge < -0.3 is 15.5 Å². The molecule has 8 heteroatoms. The van der Waals surface area contributed by atoms with Gasteiger partial charge in [-0.1, -0.05) is 12.2 Å². The molecule has 2 amide bonds. The quantitative estimate of drug-likeness (QED) is 0.312. The summed E-state index contributed by atoms with van der Waals surface area (Å²) in [6, 6.07) is 0. The Labute approximate surface area is 199 Å². The number of ketones is 1. The molecule has 4 aliphatic rings. The van der Waals surface area contributed by atoms with Crippen molar-refractivity contribution in [2.75, 3.05) is 26.2 Å². The number of allylic oxidation sites excluding steroid dienone is 2. The number of likely N-dealkylation sites (tertiary alicyclic amines) is 1. The Morgan fingerprint density at radius 3 is 2.33 bits per heavy atom. The minimum absolute atomic E-state index is 0.0342. The van der Waals surface area contributed by atoms with Gasteiger partial charge in [0.15, 0.2) is 10.8 Å². The molecule has 4 atom stereocenters. The SMILES string of the molecule is CC(=O)c1nc(CNC(=O)[C@H]2[C@H](C(=O)NCCCCN3CCCC3)[C@H]3C=C[C@@H]2C32CC2)cs1. The highest BCUT2D eigenvalue weighted by atomic mass is 32.1. The first kappa shape index (κ1) is 22.7. The number of nitrogens with one attached hydrogen (secondary N) is 2. The number of rotatable bonds is 10. The van der Waals surface area contributed by atoms with Crippen LogP contribution in [-0.2, 0) is 16.1 Å². The number of Topliss-reactive ketones (excluding diaryl/α,β-unsaturated/α-hetero) is 1. The van der Waals surface area contributed by atoms with Crippen molar-refractivity contribution in [3.63, 3.8) is 0 Å². The van der Waals surface area contributed by atoms with Crippen LogP contribution in [0.5, 0.6) is 0 Å². The van der Waals surface area contributed by atoms with Crippen molar-refractivity contribution in [3.8, 4) is 0 Å². The molecule has 0 radical (unpaired) electrons. The minimum atomic E-state index is -0.321. The Morgan fingerprint density at radius 1 is 1.06 bits per heavy atom. The molecule has 1 spiro atoms. The Balaban J connectivity index is 1.17. The van der Waals surface area contributed by atoms with Crippen molar-refractivity contribution >= 4 is 28.9 Å². The zero-order valence-electron chi connectivity index (χ0n) is 19.3. The molecule has 2 heterocycles. The van der Waals surface area contributed by atoms with Gasteiger partial charge in [-0.05, 0) is 75.4 Å². The van der Waals surface area contributed by atoms with Crippen LogP contribution < -0.4 is 10.6 Å². The van der Waals surface area contributed by atoms with Crippen LogP contribution >= 0.6 is 11.3 Å². The zero-order chi connectivity index (χ0) is 23.0. The second-order valence-corrected chi connectivity index (χ2v) is 11.0. The molecule has 0 aromatic carbocycles. The lowest BCUT2D eigenvalue weighted by molar-refractivity contribution is -0.135. The van der Waals surface area contributed by atoms with E-state index in [0.29, 0.717) is 17.2 Å². The number of amides is 2. The molecule has 1 aliphatic heterocycles. The van der Waals surface area contributed by atoms with Crippen molar-refractivity contribution in [1.29, 1.82) is 0 Å². The monoisotopic (exact) mass is 470 g/mol. The summed E-state index contributed by atoms with van der Waals surface area (Å²) in [5.74, 6) is -0.384. The third-order valence-electron chi connectivity index (χ3n) is 8.14. The Morgan fingerprint density at radius 2 is 1.73 bits per heavy atom. The number of nitrogens with zero attached hydrogens (tertiary/aromatic N) is 2. The standard InChI is InChI=1S/C25H34N4O3S/c1-16(30)24-28-17(15-33-24)14-27-23(32)21-19-7-6-18(25(19)8-9-25)20(21)22(31)26-10-2-3-11-29-12-4-5-13-29/h6-7,15,18-21H,2-5,8-14H2,1H3,(H,26,31)(H,27,32)/t18-,19+,20-,21-/m1/s1. The molecule has 2 N–H and O–H groups in total. The maximum Gasteiger partial charge on any atom is 0.224 e. The lowest BCUT2D eigenvalue weighted by Gasteiger charge is -2.26. The summed E-state index contributed by atoms with van der Waals surface area (Å²) in [5.41, 5.74) is 0.819. The number of hydrogen-bond donors (Lipinski definition) is 2. The zero-order valence-corrected chi connectivity index (χ0v) is 20.2. The maximum absolute atomic E-state index is 13.3. The van der Waals surface area contributed by atoms with Crippen molar-refractivity contribution in [1.82, 2.24) is 20.5 Å². The number of carbonyl (C=O) groups is 3. The lowest BCUT2D eigenvalue weighted by Crippen LogP contribution is -2.44. The highest BCUT2D eigenvalue weighted by Gasteiger charge is 2.69. The van der Waals surface area contributed by atoms with Crippen LogP contribution in [0.3, 0.4) is 0 Å². The Hall–Kier alpha value is -2.06. The number of hydrogen-bond acceptors (Lipinski definition) is 6. The number of carbonyl (C=O) groups excluding carboxylic acids is 3. The van der Waals surface area contributed by atoms with E-state index in [1.165, 1.54) is 44.2 Å². The predicted octanol–water partition coefficient (Wildman–Crippen LogP) is 2.78. The van der Waals surface area contributed by atoms with E-state index in [4.69, 9.17) is 0 Å². The molecule has 1 aromatic rings. The molecule has 3 aliphatic carbocycles. The summed E-state index contributed by atoms with van der Waals surface area (Å²) in [6.07, 6.45) is 11.3. The molecule has 1 aromatic heterocycles. The minimum Gasteiger partial charge on any atom is -0.356 e. The highest BCUT2D eigenvalue weighted by molar-refractivity contribution is 7.11. The van der Waals surface area contributed by atoms with Gasteiger partial charge in [0.1, 0.15) is 0 Å². The largest absolute Gasteiger partial charge is 0.356 e. The summed E-state index contributed by atoms with van der Waals surface area (Å²) in [7, 11) is 0. The first-order valence-corrected chi connectivity index (χ1v) is 13.3. The van der Waals surface area contributed by atoms with Crippen LogP contribution in [0.4, 0.5) is 0 Å². The number of aromatic nitrogens is 1. The van der Waals surface area contributed by atoms with Gasteiger partial charge in [0.2, 0.25) is 11.8 Å². The van der Waals surface area contributed by atoms with Crippen molar-refractivity contribution in [2.24, 2.45) is 29.1 Å². The Bertz CT molecular complexity index is 947. The first-order chi connectivity index (χ1) is 16.0. The molecule has 178 valence electrons. The van der Waals surface area contributed by atoms with Crippen LogP contribution in [0.25, 0.3) is 0 Å². The van der Waals surface area contributed by atoms with Gasteiger partial charge in [0, 0.05) is 18.8 Å². The van der Waals surface area contributed by atoms with Crippen LogP contribution in [0.1, 0.15) is 60.9 Å².